The van der Waals surface area contributed by atoms with Crippen molar-refractivity contribution in [2.45, 2.75) is 13.8 Å². The Kier molecular flexibility index (Phi) is 5.22. The Labute approximate surface area is 153 Å². The lowest BCUT2D eigenvalue weighted by atomic mass is 10.2. The molecule has 0 unspecified atom stereocenters. The van der Waals surface area contributed by atoms with Gasteiger partial charge in [-0.15, -0.1) is 0 Å². The van der Waals surface area contributed by atoms with E-state index >= 15 is 0 Å². The van der Waals surface area contributed by atoms with Gasteiger partial charge in [-0.25, -0.2) is 4.98 Å². The van der Waals surface area contributed by atoms with E-state index in [2.05, 4.69) is 20.6 Å². The third-order valence-corrected chi connectivity index (χ3v) is 3.92. The fourth-order valence-corrected chi connectivity index (χ4v) is 2.56. The van der Waals surface area contributed by atoms with Crippen LogP contribution in [0.25, 0.3) is 0 Å². The Hall–Kier alpha value is -3.28. The lowest BCUT2D eigenvalue weighted by molar-refractivity contribution is 0.395. The van der Waals surface area contributed by atoms with E-state index in [-0.39, 0.29) is 0 Å². The van der Waals surface area contributed by atoms with Crippen LogP contribution in [-0.2, 0) is 0 Å². The van der Waals surface area contributed by atoms with Crippen molar-refractivity contribution in [1.29, 1.82) is 0 Å². The Morgan fingerprint density at radius 1 is 0.808 bits per heavy atom. The largest absolute Gasteiger partial charge is 0.497 e. The number of aromatic nitrogens is 2. The molecule has 0 saturated carbocycles. The van der Waals surface area contributed by atoms with Crippen molar-refractivity contribution >= 4 is 23.1 Å². The van der Waals surface area contributed by atoms with Crippen molar-refractivity contribution in [1.82, 2.24) is 9.97 Å². The summed E-state index contributed by atoms with van der Waals surface area (Å²) in [6.07, 6.45) is 0. The highest BCUT2D eigenvalue weighted by Crippen LogP contribution is 2.31. The molecule has 1 heterocycles. The summed E-state index contributed by atoms with van der Waals surface area (Å²) >= 11 is 0. The van der Waals surface area contributed by atoms with Gasteiger partial charge in [-0.2, -0.15) is 4.98 Å². The fourth-order valence-electron chi connectivity index (χ4n) is 2.56. The molecule has 6 nitrogen and oxygen atoms in total. The molecule has 134 valence electrons. The first-order valence-corrected chi connectivity index (χ1v) is 8.26. The first kappa shape index (κ1) is 17.5. The number of hydrogen-bond donors (Lipinski definition) is 2. The quantitative estimate of drug-likeness (QED) is 0.677. The van der Waals surface area contributed by atoms with Gasteiger partial charge < -0.3 is 20.1 Å². The highest BCUT2D eigenvalue weighted by Gasteiger charge is 2.09. The smallest absolute Gasteiger partial charge is 0.229 e. The van der Waals surface area contributed by atoms with Crippen molar-refractivity contribution in [2.24, 2.45) is 0 Å². The summed E-state index contributed by atoms with van der Waals surface area (Å²) in [5.41, 5.74) is 3.76. The normalized spacial score (nSPS) is 10.3. The van der Waals surface area contributed by atoms with Crippen molar-refractivity contribution in [3.63, 3.8) is 0 Å². The predicted octanol–water partition coefficient (Wildman–Crippen LogP) is 4.60. The van der Waals surface area contributed by atoms with Crippen LogP contribution in [0.4, 0.5) is 23.1 Å². The maximum Gasteiger partial charge on any atom is 0.229 e. The number of rotatable bonds is 6. The Bertz CT molecular complexity index is 912. The van der Waals surface area contributed by atoms with Crippen LogP contribution >= 0.6 is 0 Å². The molecule has 1 aromatic heterocycles. The molecule has 0 atom stereocenters. The highest BCUT2D eigenvalue weighted by molar-refractivity contribution is 5.67. The molecular formula is C20H22N4O2. The van der Waals surface area contributed by atoms with E-state index in [9.17, 15) is 0 Å². The van der Waals surface area contributed by atoms with Crippen LogP contribution in [0.5, 0.6) is 11.5 Å². The fraction of sp³-hybridized carbons (Fsp3) is 0.200. The van der Waals surface area contributed by atoms with Gasteiger partial charge in [0.1, 0.15) is 17.3 Å². The maximum atomic E-state index is 5.43. The average molecular weight is 350 g/mol. The number of hydrogen-bond acceptors (Lipinski definition) is 6. The minimum absolute atomic E-state index is 0.536. The summed E-state index contributed by atoms with van der Waals surface area (Å²) in [4.78, 5) is 9.03. The van der Waals surface area contributed by atoms with Gasteiger partial charge in [0.15, 0.2) is 0 Å². The topological polar surface area (TPSA) is 68.3 Å². The molecule has 0 fully saturated rings. The van der Waals surface area contributed by atoms with Crippen LogP contribution in [0.2, 0.25) is 0 Å². The second-order valence-electron chi connectivity index (χ2n) is 5.85. The molecule has 0 saturated heterocycles. The maximum absolute atomic E-state index is 5.43. The van der Waals surface area contributed by atoms with Gasteiger partial charge >= 0.3 is 0 Å². The van der Waals surface area contributed by atoms with Crippen LogP contribution in [0.3, 0.4) is 0 Å². The molecule has 0 radical (unpaired) electrons. The van der Waals surface area contributed by atoms with Crippen LogP contribution in [0, 0.1) is 13.8 Å². The van der Waals surface area contributed by atoms with E-state index in [1.165, 1.54) is 0 Å². The van der Waals surface area contributed by atoms with Crippen molar-refractivity contribution < 1.29 is 9.47 Å². The monoisotopic (exact) mass is 350 g/mol. The summed E-state index contributed by atoms with van der Waals surface area (Å²) in [6, 6.07) is 15.5. The van der Waals surface area contributed by atoms with Crippen LogP contribution in [0.15, 0.2) is 48.5 Å². The van der Waals surface area contributed by atoms with Gasteiger partial charge in [-0.1, -0.05) is 18.2 Å². The molecule has 0 spiro atoms. The first-order valence-electron chi connectivity index (χ1n) is 8.26. The molecule has 0 bridgehead atoms. The van der Waals surface area contributed by atoms with E-state index in [0.29, 0.717) is 17.5 Å². The molecule has 0 aliphatic heterocycles. The molecule has 2 aromatic carbocycles. The van der Waals surface area contributed by atoms with E-state index in [0.717, 1.165) is 28.4 Å². The minimum atomic E-state index is 0.536. The van der Waals surface area contributed by atoms with Gasteiger partial charge in [-0.05, 0) is 37.6 Å². The summed E-state index contributed by atoms with van der Waals surface area (Å²) in [7, 11) is 3.25. The second kappa shape index (κ2) is 7.74. The number of nitrogens with zero attached hydrogens (tertiary/aromatic N) is 2. The lowest BCUT2D eigenvalue weighted by Gasteiger charge is -2.14. The summed E-state index contributed by atoms with van der Waals surface area (Å²) in [5, 5.41) is 6.56. The molecule has 3 rings (SSSR count). The van der Waals surface area contributed by atoms with Gasteiger partial charge in [-0.3, -0.25) is 0 Å². The molecule has 0 aliphatic rings. The predicted molar refractivity (Wildman–Crippen MR) is 104 cm³/mol. The molecule has 26 heavy (non-hydrogen) atoms. The van der Waals surface area contributed by atoms with Crippen molar-refractivity contribution in [3.8, 4) is 11.5 Å². The van der Waals surface area contributed by atoms with E-state index in [1.54, 1.807) is 14.2 Å². The van der Waals surface area contributed by atoms with E-state index in [4.69, 9.17) is 9.47 Å². The molecule has 0 aliphatic carbocycles. The van der Waals surface area contributed by atoms with Gasteiger partial charge in [0, 0.05) is 23.5 Å². The zero-order chi connectivity index (χ0) is 18.5. The number of benzene rings is 2. The molecular weight excluding hydrogens is 328 g/mol. The van der Waals surface area contributed by atoms with Crippen LogP contribution in [-0.4, -0.2) is 24.2 Å². The number of para-hydroxylation sites is 1. The average Bonchev–Trinajstić information content (AvgIpc) is 2.63. The van der Waals surface area contributed by atoms with Crippen molar-refractivity contribution in [3.05, 3.63) is 59.8 Å². The molecule has 6 heteroatoms. The standard InChI is InChI=1S/C20H22N4O2/c1-13-7-5-6-8-16(13)23-20-21-14(2)11-19(24-20)22-17-10-9-15(25-3)12-18(17)26-4/h5-12H,1-4H3,(H2,21,22,23,24). The number of ether oxygens (including phenoxy) is 2. The van der Waals surface area contributed by atoms with Gasteiger partial charge in [0.2, 0.25) is 5.95 Å². The number of anilines is 4. The number of aryl methyl sites for hydroxylation is 2. The van der Waals surface area contributed by atoms with E-state index in [1.807, 2.05) is 62.4 Å². The second-order valence-corrected chi connectivity index (χ2v) is 5.85. The summed E-state index contributed by atoms with van der Waals surface area (Å²) in [6.45, 7) is 3.97. The van der Waals surface area contributed by atoms with Crippen LogP contribution in [0.1, 0.15) is 11.3 Å². The number of methoxy groups -OCH3 is 2. The Morgan fingerprint density at radius 2 is 1.62 bits per heavy atom. The molecule has 2 N–H and O–H groups in total. The highest BCUT2D eigenvalue weighted by atomic mass is 16.5. The van der Waals surface area contributed by atoms with Crippen LogP contribution < -0.4 is 20.1 Å². The summed E-state index contributed by atoms with van der Waals surface area (Å²) < 4.78 is 10.7. The van der Waals surface area contributed by atoms with E-state index < -0.39 is 0 Å². The number of nitrogens with one attached hydrogen (secondary N) is 2. The Morgan fingerprint density at radius 3 is 2.35 bits per heavy atom. The summed E-state index contributed by atoms with van der Waals surface area (Å²) in [5.74, 6) is 2.62. The van der Waals surface area contributed by atoms with Gasteiger partial charge in [0.25, 0.3) is 0 Å². The first-order chi connectivity index (χ1) is 12.6. The lowest BCUT2D eigenvalue weighted by Crippen LogP contribution is -2.04. The zero-order valence-electron chi connectivity index (χ0n) is 15.3. The van der Waals surface area contributed by atoms with Crippen molar-refractivity contribution in [2.75, 3.05) is 24.9 Å². The third kappa shape index (κ3) is 4.03. The minimum Gasteiger partial charge on any atom is -0.497 e. The SMILES string of the molecule is COc1ccc(Nc2cc(C)nc(Nc3ccccc3C)n2)c(OC)c1. The third-order valence-electron chi connectivity index (χ3n) is 3.92. The molecule has 0 amide bonds. The Balaban J connectivity index is 1.87. The zero-order valence-corrected chi connectivity index (χ0v) is 15.3. The van der Waals surface area contributed by atoms with Gasteiger partial charge in [0.05, 0.1) is 19.9 Å². The molecule has 3 aromatic rings.